The molecule has 196 valence electrons. The number of carbonyl (C=O) groups is 3. The molecule has 2 amide bonds. The van der Waals surface area contributed by atoms with E-state index in [1.807, 2.05) is 38.1 Å². The number of rotatable bonds is 8. The largest absolute Gasteiger partial charge is 0.493 e. The highest BCUT2D eigenvalue weighted by molar-refractivity contribution is 6.05. The molecule has 39 heavy (non-hydrogen) atoms. The van der Waals surface area contributed by atoms with Crippen molar-refractivity contribution < 1.29 is 23.9 Å². The molecule has 0 heterocycles. The Hall–Kier alpha value is -5.24. The molecule has 0 unspecified atom stereocenters. The lowest BCUT2D eigenvalue weighted by molar-refractivity contribution is 0.0729. The first-order valence-electron chi connectivity index (χ1n) is 12.1. The molecule has 0 aliphatic heterocycles. The Morgan fingerprint density at radius 3 is 2.15 bits per heavy atom. The van der Waals surface area contributed by atoms with Crippen molar-refractivity contribution in [3.63, 3.8) is 0 Å². The predicted octanol–water partition coefficient (Wildman–Crippen LogP) is 5.55. The van der Waals surface area contributed by atoms with E-state index in [0.717, 1.165) is 11.1 Å². The number of benzene rings is 4. The Morgan fingerprint density at radius 2 is 1.44 bits per heavy atom. The topological polar surface area (TPSA) is 106 Å². The quantitative estimate of drug-likeness (QED) is 0.137. The lowest BCUT2D eigenvalue weighted by Gasteiger charge is -2.10. The van der Waals surface area contributed by atoms with Crippen LogP contribution in [0.4, 0.5) is 5.69 Å². The van der Waals surface area contributed by atoms with Crippen molar-refractivity contribution in [1.29, 1.82) is 0 Å². The Morgan fingerprint density at radius 1 is 0.718 bits per heavy atom. The van der Waals surface area contributed by atoms with Crippen LogP contribution in [-0.4, -0.2) is 31.1 Å². The third kappa shape index (κ3) is 7.17. The number of ether oxygens (including phenoxy) is 2. The first-order valence-corrected chi connectivity index (χ1v) is 12.1. The highest BCUT2D eigenvalue weighted by atomic mass is 16.6. The Balaban J connectivity index is 1.37. The average Bonchev–Trinajstić information content (AvgIpc) is 2.94. The van der Waals surface area contributed by atoms with Crippen molar-refractivity contribution in [2.75, 3.05) is 12.4 Å². The minimum Gasteiger partial charge on any atom is -0.493 e. The van der Waals surface area contributed by atoms with Gasteiger partial charge >= 0.3 is 5.97 Å². The van der Waals surface area contributed by atoms with Crippen molar-refractivity contribution in [2.45, 2.75) is 13.8 Å². The molecule has 0 saturated heterocycles. The summed E-state index contributed by atoms with van der Waals surface area (Å²) in [6, 6.07) is 25.8. The van der Waals surface area contributed by atoms with Crippen LogP contribution in [0.5, 0.6) is 11.5 Å². The summed E-state index contributed by atoms with van der Waals surface area (Å²) in [7, 11) is 1.46. The fraction of sp³-hybridized carbons (Fsp3) is 0.0968. The average molecular weight is 522 g/mol. The maximum absolute atomic E-state index is 12.6. The fourth-order valence-electron chi connectivity index (χ4n) is 3.65. The van der Waals surface area contributed by atoms with Gasteiger partial charge in [0.15, 0.2) is 11.5 Å². The van der Waals surface area contributed by atoms with Gasteiger partial charge in [0.25, 0.3) is 11.8 Å². The molecule has 0 atom stereocenters. The molecule has 0 spiro atoms. The number of nitrogens with one attached hydrogen (secondary N) is 2. The Kier molecular flexibility index (Phi) is 8.48. The van der Waals surface area contributed by atoms with E-state index < -0.39 is 11.9 Å². The van der Waals surface area contributed by atoms with E-state index in [9.17, 15) is 14.4 Å². The number of carbonyl (C=O) groups excluding carboxylic acids is 3. The molecule has 0 fully saturated rings. The maximum Gasteiger partial charge on any atom is 0.343 e. The lowest BCUT2D eigenvalue weighted by atomic mass is 10.1. The first kappa shape index (κ1) is 26.8. The summed E-state index contributed by atoms with van der Waals surface area (Å²) < 4.78 is 10.8. The number of hydrogen-bond donors (Lipinski definition) is 2. The van der Waals surface area contributed by atoms with E-state index in [4.69, 9.17) is 9.47 Å². The molecular weight excluding hydrogens is 494 g/mol. The first-order chi connectivity index (χ1) is 18.8. The van der Waals surface area contributed by atoms with Gasteiger partial charge in [-0.1, -0.05) is 41.5 Å². The summed E-state index contributed by atoms with van der Waals surface area (Å²) in [5.74, 6) is -0.624. The summed E-state index contributed by atoms with van der Waals surface area (Å²) in [6.45, 7) is 3.85. The van der Waals surface area contributed by atoms with Gasteiger partial charge < -0.3 is 14.8 Å². The van der Waals surface area contributed by atoms with E-state index in [1.54, 1.807) is 66.7 Å². The van der Waals surface area contributed by atoms with Gasteiger partial charge in [0, 0.05) is 16.8 Å². The van der Waals surface area contributed by atoms with Crippen LogP contribution in [0.15, 0.2) is 96.1 Å². The molecular formula is C31H27N3O5. The van der Waals surface area contributed by atoms with Crippen LogP contribution in [0.1, 0.15) is 47.8 Å². The van der Waals surface area contributed by atoms with Crippen LogP contribution in [0.25, 0.3) is 0 Å². The molecule has 4 aromatic rings. The van der Waals surface area contributed by atoms with Crippen LogP contribution in [-0.2, 0) is 0 Å². The zero-order valence-corrected chi connectivity index (χ0v) is 21.7. The SMILES string of the molecule is COc1cc(C=NNC(=O)c2cccc(NC(=O)c3cccc(C)c3)c2)ccc1OC(=O)c1ccc(C)cc1. The molecule has 0 aliphatic rings. The van der Waals surface area contributed by atoms with Gasteiger partial charge in [-0.3, -0.25) is 9.59 Å². The van der Waals surface area contributed by atoms with Gasteiger partial charge in [0.2, 0.25) is 0 Å². The lowest BCUT2D eigenvalue weighted by Crippen LogP contribution is -2.18. The van der Waals surface area contributed by atoms with Crippen LogP contribution >= 0.6 is 0 Å². The van der Waals surface area contributed by atoms with Crippen molar-refractivity contribution in [3.05, 3.63) is 124 Å². The van der Waals surface area contributed by atoms with Gasteiger partial charge in [-0.15, -0.1) is 0 Å². The summed E-state index contributed by atoms with van der Waals surface area (Å²) in [4.78, 5) is 37.6. The van der Waals surface area contributed by atoms with Gasteiger partial charge in [0.1, 0.15) is 0 Å². The minimum atomic E-state index is -0.501. The highest BCUT2D eigenvalue weighted by Gasteiger charge is 2.13. The van der Waals surface area contributed by atoms with Crippen LogP contribution in [0, 0.1) is 13.8 Å². The third-order valence-electron chi connectivity index (χ3n) is 5.72. The maximum atomic E-state index is 12.6. The monoisotopic (exact) mass is 521 g/mol. The molecule has 0 radical (unpaired) electrons. The van der Waals surface area contributed by atoms with Gasteiger partial charge in [0.05, 0.1) is 18.9 Å². The third-order valence-corrected chi connectivity index (χ3v) is 5.72. The number of aryl methyl sites for hydroxylation is 2. The Bertz CT molecular complexity index is 1540. The molecule has 0 bridgehead atoms. The summed E-state index contributed by atoms with van der Waals surface area (Å²) >= 11 is 0. The molecule has 2 N–H and O–H groups in total. The number of hydrazone groups is 1. The molecule has 0 aromatic heterocycles. The minimum absolute atomic E-state index is 0.258. The van der Waals surface area contributed by atoms with E-state index in [0.29, 0.717) is 33.7 Å². The van der Waals surface area contributed by atoms with E-state index in [-0.39, 0.29) is 11.7 Å². The van der Waals surface area contributed by atoms with Crippen LogP contribution in [0.2, 0.25) is 0 Å². The molecule has 0 saturated carbocycles. The molecule has 0 aliphatic carbocycles. The van der Waals surface area contributed by atoms with Gasteiger partial charge in [-0.2, -0.15) is 5.10 Å². The smallest absolute Gasteiger partial charge is 0.343 e. The summed E-state index contributed by atoms with van der Waals surface area (Å²) in [6.07, 6.45) is 1.44. The van der Waals surface area contributed by atoms with Crippen molar-refractivity contribution >= 4 is 29.7 Å². The molecule has 8 nitrogen and oxygen atoms in total. The van der Waals surface area contributed by atoms with Crippen molar-refractivity contribution in [1.82, 2.24) is 5.43 Å². The van der Waals surface area contributed by atoms with E-state index in [2.05, 4.69) is 15.8 Å². The number of methoxy groups -OCH3 is 1. The number of nitrogens with zero attached hydrogens (tertiary/aromatic N) is 1. The second-order valence-electron chi connectivity index (χ2n) is 8.77. The molecule has 8 heteroatoms. The van der Waals surface area contributed by atoms with Crippen LogP contribution < -0.4 is 20.2 Å². The second-order valence-corrected chi connectivity index (χ2v) is 8.77. The number of hydrogen-bond acceptors (Lipinski definition) is 6. The van der Waals surface area contributed by atoms with E-state index >= 15 is 0 Å². The highest BCUT2D eigenvalue weighted by Crippen LogP contribution is 2.28. The second kappa shape index (κ2) is 12.3. The van der Waals surface area contributed by atoms with Gasteiger partial charge in [-0.05, 0) is 80.1 Å². The van der Waals surface area contributed by atoms with Crippen LogP contribution in [0.3, 0.4) is 0 Å². The van der Waals surface area contributed by atoms with Crippen molar-refractivity contribution in [2.24, 2.45) is 5.10 Å². The zero-order chi connectivity index (χ0) is 27.8. The van der Waals surface area contributed by atoms with Gasteiger partial charge in [-0.25, -0.2) is 10.2 Å². The standard InChI is InChI=1S/C31H27N3O5/c1-20-10-13-23(14-11-20)31(37)39-27-15-12-22(17-28(27)38-3)19-32-34-30(36)25-8-5-9-26(18-25)33-29(35)24-7-4-6-21(2)16-24/h4-19H,1-3H3,(H,33,35)(H,34,36). The van der Waals surface area contributed by atoms with Crippen molar-refractivity contribution in [3.8, 4) is 11.5 Å². The number of esters is 1. The normalized spacial score (nSPS) is 10.6. The van der Waals surface area contributed by atoms with E-state index in [1.165, 1.54) is 13.3 Å². The predicted molar refractivity (Wildman–Crippen MR) is 150 cm³/mol. The number of amides is 2. The Labute approximate surface area is 226 Å². The number of anilines is 1. The zero-order valence-electron chi connectivity index (χ0n) is 21.7. The molecule has 4 aromatic carbocycles. The summed E-state index contributed by atoms with van der Waals surface area (Å²) in [5, 5.41) is 6.81. The molecule has 4 rings (SSSR count). The fourth-order valence-corrected chi connectivity index (χ4v) is 3.65. The summed E-state index contributed by atoms with van der Waals surface area (Å²) in [5.41, 5.74) is 6.86.